The third-order valence-electron chi connectivity index (χ3n) is 3.98. The zero-order chi connectivity index (χ0) is 16.2. The fourth-order valence-electron chi connectivity index (χ4n) is 2.81. The molecule has 1 fully saturated rings. The predicted octanol–water partition coefficient (Wildman–Crippen LogP) is 2.59. The number of hydrazine groups is 1. The van der Waals surface area contributed by atoms with Gasteiger partial charge in [0.1, 0.15) is 11.8 Å². The minimum Gasteiger partial charge on any atom is -0.469 e. The number of carbonyl (C=O) groups excluding carboxylic acids is 1. The van der Waals surface area contributed by atoms with Gasteiger partial charge in [0.2, 0.25) is 5.91 Å². The smallest absolute Gasteiger partial charge is 0.238 e. The molecule has 6 heteroatoms. The van der Waals surface area contributed by atoms with Crippen molar-refractivity contribution in [3.63, 3.8) is 0 Å². The van der Waals surface area contributed by atoms with Gasteiger partial charge >= 0.3 is 0 Å². The number of halogens is 1. The van der Waals surface area contributed by atoms with Crippen molar-refractivity contribution in [3.8, 4) is 0 Å². The minimum absolute atomic E-state index is 0.00909. The lowest BCUT2D eigenvalue weighted by molar-refractivity contribution is -0.123. The van der Waals surface area contributed by atoms with Gasteiger partial charge in [-0.25, -0.2) is 10.9 Å². The molecule has 0 bridgehead atoms. The Hall–Kier alpha value is -1.82. The molecule has 3 rings (SSSR count). The molecule has 0 radical (unpaired) electrons. The Balaban J connectivity index is 1.54. The van der Waals surface area contributed by atoms with E-state index in [0.29, 0.717) is 17.9 Å². The third-order valence-corrected chi connectivity index (χ3v) is 4.32. The zero-order valence-electron chi connectivity index (χ0n) is 12.9. The van der Waals surface area contributed by atoms with Crippen LogP contribution in [0.5, 0.6) is 0 Å². The number of furan rings is 1. The molecule has 3 N–H and O–H groups in total. The van der Waals surface area contributed by atoms with Gasteiger partial charge in [0.25, 0.3) is 0 Å². The first-order chi connectivity index (χ1) is 11.1. The van der Waals surface area contributed by atoms with Gasteiger partial charge in [0.05, 0.1) is 6.26 Å². The van der Waals surface area contributed by atoms with Crippen molar-refractivity contribution in [1.29, 1.82) is 0 Å². The molecule has 2 aromatic rings. The molecule has 2 heterocycles. The van der Waals surface area contributed by atoms with E-state index in [-0.39, 0.29) is 24.0 Å². The molecule has 0 saturated carbocycles. The van der Waals surface area contributed by atoms with Crippen molar-refractivity contribution in [2.24, 2.45) is 0 Å². The van der Waals surface area contributed by atoms with Crippen molar-refractivity contribution in [3.05, 3.63) is 59.0 Å². The van der Waals surface area contributed by atoms with E-state index in [0.717, 1.165) is 11.3 Å². The lowest BCUT2D eigenvalue weighted by Crippen LogP contribution is -2.46. The topological polar surface area (TPSA) is 66.3 Å². The van der Waals surface area contributed by atoms with Gasteiger partial charge in [0, 0.05) is 23.5 Å². The second-order valence-corrected chi connectivity index (χ2v) is 6.25. The molecule has 1 saturated heterocycles. The zero-order valence-corrected chi connectivity index (χ0v) is 13.6. The Bertz CT molecular complexity index is 660. The molecule has 3 unspecified atom stereocenters. The maximum absolute atomic E-state index is 12.4. The van der Waals surface area contributed by atoms with Crippen molar-refractivity contribution in [1.82, 2.24) is 16.2 Å². The SMILES string of the molecule is CC(Cc1ccco1)NC(=O)C1CC(c2ccccc2Cl)NN1. The van der Waals surface area contributed by atoms with E-state index < -0.39 is 0 Å². The highest BCUT2D eigenvalue weighted by atomic mass is 35.5. The second kappa shape index (κ2) is 7.17. The van der Waals surface area contributed by atoms with Gasteiger partial charge in [-0.15, -0.1) is 0 Å². The van der Waals surface area contributed by atoms with Crippen LogP contribution < -0.4 is 16.2 Å². The van der Waals surface area contributed by atoms with Gasteiger partial charge in [-0.2, -0.15) is 0 Å². The number of benzene rings is 1. The van der Waals surface area contributed by atoms with Crippen molar-refractivity contribution >= 4 is 17.5 Å². The van der Waals surface area contributed by atoms with Crippen LogP contribution in [-0.4, -0.2) is 18.0 Å². The normalized spacial score (nSPS) is 22.0. The van der Waals surface area contributed by atoms with Crippen LogP contribution in [0.4, 0.5) is 0 Å². The third kappa shape index (κ3) is 3.93. The number of hydrogen-bond acceptors (Lipinski definition) is 4. The van der Waals surface area contributed by atoms with Crippen molar-refractivity contribution in [2.75, 3.05) is 0 Å². The molecule has 5 nitrogen and oxygen atoms in total. The van der Waals surface area contributed by atoms with Crippen LogP contribution in [0.15, 0.2) is 47.1 Å². The summed E-state index contributed by atoms with van der Waals surface area (Å²) in [4.78, 5) is 12.4. The summed E-state index contributed by atoms with van der Waals surface area (Å²) in [7, 11) is 0. The summed E-state index contributed by atoms with van der Waals surface area (Å²) < 4.78 is 5.31. The predicted molar refractivity (Wildman–Crippen MR) is 88.9 cm³/mol. The van der Waals surface area contributed by atoms with E-state index in [9.17, 15) is 4.79 Å². The molecule has 1 amide bonds. The Morgan fingerprint density at radius 3 is 2.91 bits per heavy atom. The molecule has 0 spiro atoms. The Kier molecular flexibility index (Phi) is 5.00. The first-order valence-corrected chi connectivity index (χ1v) is 8.09. The van der Waals surface area contributed by atoms with E-state index in [2.05, 4.69) is 16.2 Å². The largest absolute Gasteiger partial charge is 0.469 e. The molecule has 3 atom stereocenters. The van der Waals surface area contributed by atoms with Crippen LogP contribution in [0.1, 0.15) is 30.7 Å². The fraction of sp³-hybridized carbons (Fsp3) is 0.353. The quantitative estimate of drug-likeness (QED) is 0.787. The average Bonchev–Trinajstić information content (AvgIpc) is 3.19. The van der Waals surface area contributed by atoms with E-state index in [4.69, 9.17) is 16.0 Å². The highest BCUT2D eigenvalue weighted by molar-refractivity contribution is 6.31. The van der Waals surface area contributed by atoms with Crippen LogP contribution in [-0.2, 0) is 11.2 Å². The monoisotopic (exact) mass is 333 g/mol. The summed E-state index contributed by atoms with van der Waals surface area (Å²) in [6.45, 7) is 1.97. The second-order valence-electron chi connectivity index (χ2n) is 5.84. The molecule has 23 heavy (non-hydrogen) atoms. The molecule has 1 aliphatic rings. The van der Waals surface area contributed by atoms with Crippen LogP contribution in [0.3, 0.4) is 0 Å². The number of carbonyl (C=O) groups is 1. The maximum atomic E-state index is 12.4. The fourth-order valence-corrected chi connectivity index (χ4v) is 3.08. The molecule has 1 aliphatic heterocycles. The number of nitrogens with one attached hydrogen (secondary N) is 3. The van der Waals surface area contributed by atoms with Gasteiger partial charge in [-0.3, -0.25) is 4.79 Å². The summed E-state index contributed by atoms with van der Waals surface area (Å²) in [5.41, 5.74) is 7.20. The Morgan fingerprint density at radius 1 is 1.35 bits per heavy atom. The number of amides is 1. The van der Waals surface area contributed by atoms with E-state index in [1.165, 1.54) is 0 Å². The molecular formula is C17H20ClN3O2. The van der Waals surface area contributed by atoms with Gasteiger partial charge < -0.3 is 9.73 Å². The van der Waals surface area contributed by atoms with Gasteiger partial charge in [-0.05, 0) is 37.1 Å². The van der Waals surface area contributed by atoms with Crippen LogP contribution in [0.2, 0.25) is 5.02 Å². The highest BCUT2D eigenvalue weighted by Crippen LogP contribution is 2.28. The molecule has 122 valence electrons. The summed E-state index contributed by atoms with van der Waals surface area (Å²) >= 11 is 6.22. The van der Waals surface area contributed by atoms with Gasteiger partial charge in [-0.1, -0.05) is 29.8 Å². The Morgan fingerprint density at radius 2 is 2.17 bits per heavy atom. The first kappa shape index (κ1) is 16.1. The van der Waals surface area contributed by atoms with E-state index in [1.807, 2.05) is 43.3 Å². The van der Waals surface area contributed by atoms with Crippen LogP contribution >= 0.6 is 11.6 Å². The summed E-state index contributed by atoms with van der Waals surface area (Å²) in [5, 5.41) is 3.72. The van der Waals surface area contributed by atoms with Crippen LogP contribution in [0.25, 0.3) is 0 Å². The van der Waals surface area contributed by atoms with E-state index >= 15 is 0 Å². The van der Waals surface area contributed by atoms with Crippen molar-refractivity contribution in [2.45, 2.75) is 37.9 Å². The van der Waals surface area contributed by atoms with E-state index in [1.54, 1.807) is 6.26 Å². The molecule has 1 aromatic heterocycles. The van der Waals surface area contributed by atoms with Crippen LogP contribution in [0, 0.1) is 0 Å². The minimum atomic E-state index is -0.282. The summed E-state index contributed by atoms with van der Waals surface area (Å²) in [6.07, 6.45) is 2.97. The number of rotatable bonds is 5. The first-order valence-electron chi connectivity index (χ1n) is 7.71. The number of hydrogen-bond donors (Lipinski definition) is 3. The lowest BCUT2D eigenvalue weighted by atomic mass is 10.0. The van der Waals surface area contributed by atoms with Crippen molar-refractivity contribution < 1.29 is 9.21 Å². The average molecular weight is 334 g/mol. The molecule has 0 aliphatic carbocycles. The standard InChI is InChI=1S/C17H20ClN3O2/c1-11(9-12-5-4-8-23-12)19-17(22)16-10-15(20-21-16)13-6-2-3-7-14(13)18/h2-8,11,15-16,20-21H,9-10H2,1H3,(H,19,22). The Labute approximate surface area is 140 Å². The maximum Gasteiger partial charge on any atom is 0.238 e. The van der Waals surface area contributed by atoms with Gasteiger partial charge in [0.15, 0.2) is 0 Å². The lowest BCUT2D eigenvalue weighted by Gasteiger charge is -2.16. The highest BCUT2D eigenvalue weighted by Gasteiger charge is 2.31. The summed E-state index contributed by atoms with van der Waals surface area (Å²) in [6, 6.07) is 11.2. The molecular weight excluding hydrogens is 314 g/mol. The summed E-state index contributed by atoms with van der Waals surface area (Å²) in [5.74, 6) is 0.843. The molecule has 1 aromatic carbocycles.